The fourth-order valence-corrected chi connectivity index (χ4v) is 0.621. The number of nitrogens with two attached hydrogens (primary N) is 1. The molecule has 2 N–H and O–H groups in total. The Bertz CT molecular complexity index is 105. The summed E-state index contributed by atoms with van der Waals surface area (Å²) < 4.78 is 10.4. The number of hydrogen-bond acceptors (Lipinski definition) is 3. The summed E-state index contributed by atoms with van der Waals surface area (Å²) in [6.07, 6.45) is 1.11. The van der Waals surface area contributed by atoms with E-state index in [2.05, 4.69) is 20.8 Å². The summed E-state index contributed by atoms with van der Waals surface area (Å²) >= 11 is 0. The predicted octanol–water partition coefficient (Wildman–Crippen LogP) is 1.37. The third-order valence-electron chi connectivity index (χ3n) is 1.88. The molecule has 0 atom stereocenters. The van der Waals surface area contributed by atoms with E-state index < -0.39 is 0 Å². The minimum Gasteiger partial charge on any atom is -0.355 e. The number of hydrogen-bond donors (Lipinski definition) is 1. The van der Waals surface area contributed by atoms with E-state index in [1.807, 2.05) is 0 Å². The molecule has 0 saturated heterocycles. The molecule has 0 amide bonds. The maximum Gasteiger partial charge on any atom is 0.146 e. The fraction of sp³-hybridized carbons (Fsp3) is 1.00. The van der Waals surface area contributed by atoms with Crippen molar-refractivity contribution in [3.63, 3.8) is 0 Å². The first kappa shape index (κ1) is 11.9. The van der Waals surface area contributed by atoms with Crippen LogP contribution in [-0.4, -0.2) is 26.6 Å². The van der Waals surface area contributed by atoms with Gasteiger partial charge in [-0.1, -0.05) is 20.8 Å². The quantitative estimate of drug-likeness (QED) is 0.469. The standard InChI is InChI=1S/C9H21NO2/c1-4-9(2,3)7-12-8-11-6-5-10/h4-8,10H2,1-3H3. The first-order chi connectivity index (χ1) is 5.62. The van der Waals surface area contributed by atoms with E-state index in [4.69, 9.17) is 15.2 Å². The third kappa shape index (κ3) is 6.58. The summed E-state index contributed by atoms with van der Waals surface area (Å²) in [5.41, 5.74) is 5.50. The van der Waals surface area contributed by atoms with E-state index in [0.717, 1.165) is 13.0 Å². The van der Waals surface area contributed by atoms with Crippen molar-refractivity contribution in [2.24, 2.45) is 11.1 Å². The maximum atomic E-state index is 5.31. The Balaban J connectivity index is 3.19. The van der Waals surface area contributed by atoms with E-state index in [1.54, 1.807) is 0 Å². The van der Waals surface area contributed by atoms with Crippen molar-refractivity contribution in [1.29, 1.82) is 0 Å². The van der Waals surface area contributed by atoms with Gasteiger partial charge in [0.15, 0.2) is 0 Å². The molecule has 0 aromatic heterocycles. The molecule has 0 aromatic rings. The molecule has 0 unspecified atom stereocenters. The van der Waals surface area contributed by atoms with E-state index >= 15 is 0 Å². The molecule has 0 fully saturated rings. The average molecular weight is 175 g/mol. The zero-order valence-corrected chi connectivity index (χ0v) is 8.43. The summed E-state index contributed by atoms with van der Waals surface area (Å²) in [5, 5.41) is 0. The van der Waals surface area contributed by atoms with E-state index in [0.29, 0.717) is 19.9 Å². The first-order valence-electron chi connectivity index (χ1n) is 4.48. The van der Waals surface area contributed by atoms with Gasteiger partial charge in [0.2, 0.25) is 0 Å². The predicted molar refractivity (Wildman–Crippen MR) is 49.9 cm³/mol. The molecule has 0 saturated carbocycles. The number of ether oxygens (including phenoxy) is 2. The Morgan fingerprint density at radius 2 is 1.92 bits per heavy atom. The minimum atomic E-state index is 0.256. The van der Waals surface area contributed by atoms with Gasteiger partial charge < -0.3 is 15.2 Å². The van der Waals surface area contributed by atoms with Crippen LogP contribution in [0.25, 0.3) is 0 Å². The van der Waals surface area contributed by atoms with Crippen molar-refractivity contribution in [3.8, 4) is 0 Å². The molecule has 74 valence electrons. The molecule has 0 aromatic carbocycles. The van der Waals surface area contributed by atoms with Gasteiger partial charge in [-0.3, -0.25) is 0 Å². The Kier molecular flexibility index (Phi) is 6.34. The van der Waals surface area contributed by atoms with Crippen LogP contribution < -0.4 is 5.73 Å². The molecule has 0 heterocycles. The van der Waals surface area contributed by atoms with Crippen LogP contribution in [0.1, 0.15) is 27.2 Å². The highest BCUT2D eigenvalue weighted by Gasteiger charge is 2.14. The fourth-order valence-electron chi connectivity index (χ4n) is 0.621. The maximum absolute atomic E-state index is 5.31. The van der Waals surface area contributed by atoms with Gasteiger partial charge in [-0.15, -0.1) is 0 Å². The zero-order chi connectivity index (χ0) is 9.45. The lowest BCUT2D eigenvalue weighted by molar-refractivity contribution is -0.0749. The second-order valence-electron chi connectivity index (χ2n) is 3.68. The van der Waals surface area contributed by atoms with Crippen molar-refractivity contribution in [2.75, 3.05) is 26.6 Å². The second kappa shape index (κ2) is 6.40. The Morgan fingerprint density at radius 1 is 1.25 bits per heavy atom. The van der Waals surface area contributed by atoms with E-state index in [1.165, 1.54) is 0 Å². The monoisotopic (exact) mass is 175 g/mol. The van der Waals surface area contributed by atoms with Crippen LogP contribution in [0.2, 0.25) is 0 Å². The Morgan fingerprint density at radius 3 is 2.42 bits per heavy atom. The second-order valence-corrected chi connectivity index (χ2v) is 3.68. The minimum absolute atomic E-state index is 0.256. The van der Waals surface area contributed by atoms with Gasteiger partial charge in [0.05, 0.1) is 13.2 Å². The average Bonchev–Trinajstić information content (AvgIpc) is 2.04. The molecule has 0 bridgehead atoms. The van der Waals surface area contributed by atoms with Crippen LogP contribution >= 0.6 is 0 Å². The lowest BCUT2D eigenvalue weighted by Crippen LogP contribution is -2.20. The summed E-state index contributed by atoms with van der Waals surface area (Å²) in [4.78, 5) is 0. The van der Waals surface area contributed by atoms with Gasteiger partial charge in [-0.25, -0.2) is 0 Å². The highest BCUT2D eigenvalue weighted by molar-refractivity contribution is 4.63. The molecular formula is C9H21NO2. The highest BCUT2D eigenvalue weighted by Crippen LogP contribution is 2.19. The molecule has 0 aliphatic rings. The summed E-state index contributed by atoms with van der Waals surface area (Å²) in [7, 11) is 0. The topological polar surface area (TPSA) is 44.5 Å². The molecule has 0 radical (unpaired) electrons. The van der Waals surface area contributed by atoms with Crippen molar-refractivity contribution < 1.29 is 9.47 Å². The molecule has 0 rings (SSSR count). The summed E-state index contributed by atoms with van der Waals surface area (Å²) in [6.45, 7) is 8.75. The Hall–Kier alpha value is -0.120. The molecule has 3 nitrogen and oxygen atoms in total. The molecular weight excluding hydrogens is 154 g/mol. The summed E-state index contributed by atoms with van der Waals surface area (Å²) in [5.74, 6) is 0. The van der Waals surface area contributed by atoms with Crippen molar-refractivity contribution in [2.45, 2.75) is 27.2 Å². The normalized spacial score (nSPS) is 12.0. The van der Waals surface area contributed by atoms with Crippen LogP contribution in [0.3, 0.4) is 0 Å². The summed E-state index contributed by atoms with van der Waals surface area (Å²) in [6, 6.07) is 0. The molecule has 0 aliphatic heterocycles. The van der Waals surface area contributed by atoms with Gasteiger partial charge in [0, 0.05) is 6.54 Å². The van der Waals surface area contributed by atoms with Crippen LogP contribution in [0.4, 0.5) is 0 Å². The lowest BCUT2D eigenvalue weighted by Gasteiger charge is -2.21. The van der Waals surface area contributed by atoms with Crippen LogP contribution in [0, 0.1) is 5.41 Å². The van der Waals surface area contributed by atoms with Crippen molar-refractivity contribution in [3.05, 3.63) is 0 Å². The van der Waals surface area contributed by atoms with Crippen LogP contribution in [0.15, 0.2) is 0 Å². The molecule has 12 heavy (non-hydrogen) atoms. The lowest BCUT2D eigenvalue weighted by atomic mass is 9.92. The van der Waals surface area contributed by atoms with E-state index in [9.17, 15) is 0 Å². The largest absolute Gasteiger partial charge is 0.355 e. The van der Waals surface area contributed by atoms with Gasteiger partial charge in [-0.2, -0.15) is 0 Å². The van der Waals surface area contributed by atoms with Crippen molar-refractivity contribution in [1.82, 2.24) is 0 Å². The van der Waals surface area contributed by atoms with Gasteiger partial charge >= 0.3 is 0 Å². The SMILES string of the molecule is CCC(C)(C)COCOCCN. The van der Waals surface area contributed by atoms with Gasteiger partial charge in [-0.05, 0) is 11.8 Å². The van der Waals surface area contributed by atoms with E-state index in [-0.39, 0.29) is 5.41 Å². The number of rotatable bonds is 7. The van der Waals surface area contributed by atoms with Gasteiger partial charge in [0.25, 0.3) is 0 Å². The third-order valence-corrected chi connectivity index (χ3v) is 1.88. The first-order valence-corrected chi connectivity index (χ1v) is 4.48. The Labute approximate surface area is 75.2 Å². The van der Waals surface area contributed by atoms with Crippen LogP contribution in [-0.2, 0) is 9.47 Å². The van der Waals surface area contributed by atoms with Gasteiger partial charge in [0.1, 0.15) is 6.79 Å². The molecule has 0 spiro atoms. The molecule has 0 aliphatic carbocycles. The molecule has 3 heteroatoms. The van der Waals surface area contributed by atoms with Crippen molar-refractivity contribution >= 4 is 0 Å². The van der Waals surface area contributed by atoms with Crippen LogP contribution in [0.5, 0.6) is 0 Å². The highest BCUT2D eigenvalue weighted by atomic mass is 16.7. The zero-order valence-electron chi connectivity index (χ0n) is 8.43. The smallest absolute Gasteiger partial charge is 0.146 e.